The first-order valence-corrected chi connectivity index (χ1v) is 18.8. The van der Waals surface area contributed by atoms with Gasteiger partial charge >= 0.3 is 11.9 Å². The summed E-state index contributed by atoms with van der Waals surface area (Å²) in [6.07, 6.45) is 0.625. The van der Waals surface area contributed by atoms with Crippen molar-refractivity contribution >= 4 is 37.8 Å². The molecule has 4 unspecified atom stereocenters. The lowest BCUT2D eigenvalue weighted by atomic mass is 9.81. The molecule has 1 N–H and O–H groups in total. The minimum absolute atomic E-state index is 0.0816. The monoisotopic (exact) mass is 708 g/mol. The van der Waals surface area contributed by atoms with Crippen LogP contribution in [0.3, 0.4) is 0 Å². The quantitative estimate of drug-likeness (QED) is 0.362. The maximum absolute atomic E-state index is 12.8. The Balaban J connectivity index is 0.000000260. The average molecular weight is 709 g/mol. The molecule has 0 spiro atoms. The smallest absolute Gasteiger partial charge is 0.305 e. The number of aryl methyl sites for hydroxylation is 2. The number of Topliss-reactive ketones (excluding diaryl/α,β-unsaturated/α-hetero) is 1. The molecule has 0 radical (unpaired) electrons. The third-order valence-electron chi connectivity index (χ3n) is 9.26. The highest BCUT2D eigenvalue weighted by Crippen LogP contribution is 2.33. The highest BCUT2D eigenvalue weighted by molar-refractivity contribution is 7.89. The molecule has 2 aromatic carbocycles. The Morgan fingerprint density at radius 3 is 1.54 bits per heavy atom. The van der Waals surface area contributed by atoms with E-state index in [1.807, 2.05) is 13.8 Å². The summed E-state index contributed by atoms with van der Waals surface area (Å²) in [7, 11) is -4.60. The van der Waals surface area contributed by atoms with Gasteiger partial charge in [0.2, 0.25) is 20.0 Å². The maximum atomic E-state index is 12.8. The van der Waals surface area contributed by atoms with Gasteiger partial charge in [0.25, 0.3) is 0 Å². The van der Waals surface area contributed by atoms with Gasteiger partial charge in [-0.1, -0.05) is 35.4 Å². The minimum atomic E-state index is -3.64. The first-order chi connectivity index (χ1) is 22.5. The first-order valence-electron chi connectivity index (χ1n) is 16.0. The molecular formula is C34H48N2O10S2. The van der Waals surface area contributed by atoms with Gasteiger partial charge in [-0.15, -0.1) is 0 Å². The van der Waals surface area contributed by atoms with Crippen LogP contribution in [0.1, 0.15) is 50.7 Å². The number of benzene rings is 2. The molecule has 5 atom stereocenters. The molecule has 2 saturated heterocycles. The van der Waals surface area contributed by atoms with Crippen LogP contribution in [0.5, 0.6) is 0 Å². The Kier molecular flexibility index (Phi) is 13.9. The lowest BCUT2D eigenvalue weighted by Gasteiger charge is -2.38. The molecule has 2 heterocycles. The highest BCUT2D eigenvalue weighted by atomic mass is 32.2. The molecule has 2 aromatic rings. The van der Waals surface area contributed by atoms with Crippen molar-refractivity contribution in [1.82, 2.24) is 8.61 Å². The van der Waals surface area contributed by atoms with E-state index in [2.05, 4.69) is 4.74 Å². The normalized spacial score (nSPS) is 22.9. The van der Waals surface area contributed by atoms with Crippen molar-refractivity contribution in [1.29, 1.82) is 0 Å². The van der Waals surface area contributed by atoms with Crippen molar-refractivity contribution in [3.8, 4) is 0 Å². The Morgan fingerprint density at radius 1 is 0.750 bits per heavy atom. The number of aliphatic hydroxyl groups excluding tert-OH is 1. The zero-order valence-electron chi connectivity index (χ0n) is 28.5. The molecular weight excluding hydrogens is 661 g/mol. The number of piperidine rings is 2. The molecule has 48 heavy (non-hydrogen) atoms. The van der Waals surface area contributed by atoms with E-state index in [0.717, 1.165) is 11.1 Å². The molecule has 2 aliphatic heterocycles. The van der Waals surface area contributed by atoms with E-state index in [1.54, 1.807) is 55.5 Å². The van der Waals surface area contributed by atoms with Gasteiger partial charge in [0.05, 0.1) is 30.1 Å². The number of carbonyl (C=O) groups is 3. The van der Waals surface area contributed by atoms with E-state index in [4.69, 9.17) is 4.74 Å². The first kappa shape index (κ1) is 39.3. The van der Waals surface area contributed by atoms with Crippen molar-refractivity contribution < 1.29 is 45.8 Å². The average Bonchev–Trinajstić information content (AvgIpc) is 3.05. The van der Waals surface area contributed by atoms with Gasteiger partial charge in [0.15, 0.2) is 0 Å². The van der Waals surface area contributed by atoms with Crippen LogP contribution >= 0.6 is 0 Å². The van der Waals surface area contributed by atoms with Gasteiger partial charge < -0.3 is 14.6 Å². The maximum Gasteiger partial charge on any atom is 0.305 e. The van der Waals surface area contributed by atoms with Gasteiger partial charge in [-0.05, 0) is 76.6 Å². The van der Waals surface area contributed by atoms with Gasteiger partial charge in [-0.25, -0.2) is 16.8 Å². The fourth-order valence-electron chi connectivity index (χ4n) is 6.22. The lowest BCUT2D eigenvalue weighted by Crippen LogP contribution is -2.47. The number of hydrogen-bond donors (Lipinski definition) is 1. The molecule has 2 fully saturated rings. The summed E-state index contributed by atoms with van der Waals surface area (Å²) in [5.41, 5.74) is 1.97. The van der Waals surface area contributed by atoms with Crippen LogP contribution in [0.25, 0.3) is 0 Å². The zero-order chi connectivity index (χ0) is 35.8. The molecule has 0 bridgehead atoms. The van der Waals surface area contributed by atoms with Crippen LogP contribution in [0, 0.1) is 37.5 Å². The van der Waals surface area contributed by atoms with Gasteiger partial charge in [0.1, 0.15) is 5.78 Å². The number of sulfonamides is 2. The summed E-state index contributed by atoms with van der Waals surface area (Å²) >= 11 is 0. The number of rotatable bonds is 10. The molecule has 4 rings (SSSR count). The Labute approximate surface area is 284 Å². The van der Waals surface area contributed by atoms with Crippen LogP contribution in [-0.2, 0) is 43.9 Å². The molecule has 0 aromatic heterocycles. The van der Waals surface area contributed by atoms with Crippen molar-refractivity contribution in [2.45, 2.75) is 69.3 Å². The van der Waals surface area contributed by atoms with Crippen LogP contribution in [0.15, 0.2) is 58.3 Å². The fourth-order valence-corrected chi connectivity index (χ4v) is 9.20. The second kappa shape index (κ2) is 17.0. The summed E-state index contributed by atoms with van der Waals surface area (Å²) in [5, 5.41) is 10.1. The molecule has 0 saturated carbocycles. The third-order valence-corrected chi connectivity index (χ3v) is 13.0. The van der Waals surface area contributed by atoms with Crippen molar-refractivity contribution in [2.75, 3.05) is 40.4 Å². The Bertz CT molecular complexity index is 1620. The van der Waals surface area contributed by atoms with Gasteiger partial charge in [-0.3, -0.25) is 14.4 Å². The van der Waals surface area contributed by atoms with Crippen LogP contribution < -0.4 is 0 Å². The number of methoxy groups -OCH3 is 2. The van der Waals surface area contributed by atoms with E-state index < -0.39 is 32.1 Å². The van der Waals surface area contributed by atoms with Crippen LogP contribution in [0.4, 0.5) is 0 Å². The summed E-state index contributed by atoms with van der Waals surface area (Å²) in [4.78, 5) is 35.5. The second-order valence-electron chi connectivity index (χ2n) is 12.6. The lowest BCUT2D eigenvalue weighted by molar-refractivity contribution is -0.144. The molecule has 266 valence electrons. The number of carbonyl (C=O) groups excluding carboxylic acids is 3. The van der Waals surface area contributed by atoms with E-state index in [1.165, 1.54) is 29.8 Å². The Hall–Kier alpha value is -3.17. The predicted octanol–water partition coefficient (Wildman–Crippen LogP) is 3.34. The van der Waals surface area contributed by atoms with Crippen molar-refractivity contribution in [3.63, 3.8) is 0 Å². The molecule has 2 aliphatic rings. The number of hydrogen-bond acceptors (Lipinski definition) is 10. The van der Waals surface area contributed by atoms with Crippen molar-refractivity contribution in [3.05, 3.63) is 59.7 Å². The third kappa shape index (κ3) is 9.94. The summed E-state index contributed by atoms with van der Waals surface area (Å²) in [6.45, 7) is 7.80. The van der Waals surface area contributed by atoms with Gasteiger partial charge in [-0.2, -0.15) is 8.61 Å². The second-order valence-corrected chi connectivity index (χ2v) is 16.5. The number of ether oxygens (including phenoxy) is 2. The molecule has 0 amide bonds. The zero-order valence-corrected chi connectivity index (χ0v) is 30.1. The number of nitrogens with zero attached hydrogens (tertiary/aromatic N) is 2. The number of esters is 2. The number of aliphatic hydroxyl groups is 1. The number of ketones is 1. The van der Waals surface area contributed by atoms with E-state index in [-0.39, 0.29) is 71.2 Å². The topological polar surface area (TPSA) is 165 Å². The summed E-state index contributed by atoms with van der Waals surface area (Å²) in [5.74, 6) is -1.85. The SMILES string of the molecule is COC(=O)CC1CCN(S(=O)(=O)c2ccc(C)cc2)CC1C(C)=O.COC(=O)CC1CCN(S(=O)(=O)c2ccc(C)cc2)CC1[C@H](C)O. The standard InChI is InChI=1S/C17H25NO5S.C17H23NO5S/c2*1-12-4-6-15(7-5-12)24(21,22)18-9-8-14(10-17(20)23-3)16(11-18)13(2)19/h4-7,13-14,16,19H,8-11H2,1-3H3;4-7,14,16H,8-11H2,1-3H3/t13-,14?,16?;/m0./s1. The molecule has 0 aliphatic carbocycles. The van der Waals surface area contributed by atoms with Crippen molar-refractivity contribution in [2.24, 2.45) is 23.7 Å². The largest absolute Gasteiger partial charge is 0.469 e. The van der Waals surface area contributed by atoms with Gasteiger partial charge in [0, 0.05) is 50.9 Å². The van der Waals surface area contributed by atoms with E-state index in [9.17, 15) is 36.3 Å². The highest BCUT2D eigenvalue weighted by Gasteiger charge is 2.40. The molecule has 14 heteroatoms. The Morgan fingerprint density at radius 2 is 1.15 bits per heavy atom. The predicted molar refractivity (Wildman–Crippen MR) is 179 cm³/mol. The fraction of sp³-hybridized carbons (Fsp3) is 0.559. The van der Waals surface area contributed by atoms with Crippen LogP contribution in [-0.4, -0.2) is 94.8 Å². The van der Waals surface area contributed by atoms with E-state index >= 15 is 0 Å². The van der Waals surface area contributed by atoms with Crippen LogP contribution in [0.2, 0.25) is 0 Å². The summed E-state index contributed by atoms with van der Waals surface area (Å²) < 4.78 is 63.3. The molecule has 12 nitrogen and oxygen atoms in total. The minimum Gasteiger partial charge on any atom is -0.469 e. The van der Waals surface area contributed by atoms with E-state index in [0.29, 0.717) is 25.9 Å². The summed E-state index contributed by atoms with van der Waals surface area (Å²) in [6, 6.07) is 13.4.